The molecule has 1 aliphatic carbocycles. The molecule has 1 fully saturated rings. The molecule has 3 rings (SSSR count). The van der Waals surface area contributed by atoms with E-state index in [1.165, 1.54) is 6.07 Å². The van der Waals surface area contributed by atoms with Gasteiger partial charge in [-0.15, -0.1) is 0 Å². The number of aromatic nitrogens is 2. The summed E-state index contributed by atoms with van der Waals surface area (Å²) in [4.78, 5) is 24.0. The highest BCUT2D eigenvalue weighted by Gasteiger charge is 2.26. The van der Waals surface area contributed by atoms with Crippen molar-refractivity contribution in [2.75, 3.05) is 0 Å². The molecule has 1 amide bonds. The van der Waals surface area contributed by atoms with Crippen LogP contribution in [0, 0.1) is 6.92 Å². The van der Waals surface area contributed by atoms with Crippen LogP contribution in [0.25, 0.3) is 5.69 Å². The van der Waals surface area contributed by atoms with Crippen LogP contribution in [0.15, 0.2) is 35.1 Å². The zero-order valence-corrected chi connectivity index (χ0v) is 12.2. The molecule has 5 nitrogen and oxygen atoms in total. The summed E-state index contributed by atoms with van der Waals surface area (Å²) in [6.45, 7) is 1.77. The van der Waals surface area contributed by atoms with Gasteiger partial charge in [0.15, 0.2) is 5.69 Å². The minimum atomic E-state index is -0.412. The minimum Gasteiger partial charge on any atom is -0.348 e. The lowest BCUT2D eigenvalue weighted by Gasteiger charge is -2.11. The fourth-order valence-corrected chi connectivity index (χ4v) is 2.16. The second-order valence-electron chi connectivity index (χ2n) is 5.13. The minimum absolute atomic E-state index is 0.0811. The Morgan fingerprint density at radius 1 is 1.33 bits per heavy atom. The molecule has 108 valence electrons. The van der Waals surface area contributed by atoms with Gasteiger partial charge < -0.3 is 5.32 Å². The van der Waals surface area contributed by atoms with Crippen molar-refractivity contribution < 1.29 is 4.79 Å². The van der Waals surface area contributed by atoms with Crippen molar-refractivity contribution in [3.05, 3.63) is 57.0 Å². The molecule has 0 atom stereocenters. The summed E-state index contributed by atoms with van der Waals surface area (Å²) in [5.41, 5.74) is 0.959. The van der Waals surface area contributed by atoms with E-state index in [-0.39, 0.29) is 17.2 Å². The maximum atomic E-state index is 12.1. The van der Waals surface area contributed by atoms with Gasteiger partial charge in [0.2, 0.25) is 5.43 Å². The van der Waals surface area contributed by atoms with Gasteiger partial charge in [-0.1, -0.05) is 11.6 Å². The Morgan fingerprint density at radius 2 is 2.00 bits per heavy atom. The molecule has 21 heavy (non-hydrogen) atoms. The topological polar surface area (TPSA) is 64.0 Å². The van der Waals surface area contributed by atoms with Crippen LogP contribution in [0.3, 0.4) is 0 Å². The summed E-state index contributed by atoms with van der Waals surface area (Å²) in [7, 11) is 0. The van der Waals surface area contributed by atoms with E-state index < -0.39 is 5.91 Å². The van der Waals surface area contributed by atoms with Crippen molar-refractivity contribution in [3.8, 4) is 5.69 Å². The molecule has 0 bridgehead atoms. The molecule has 1 heterocycles. The van der Waals surface area contributed by atoms with E-state index in [1.54, 1.807) is 35.9 Å². The van der Waals surface area contributed by atoms with Gasteiger partial charge >= 0.3 is 0 Å². The number of nitrogens with zero attached hydrogens (tertiary/aromatic N) is 2. The lowest BCUT2D eigenvalue weighted by atomic mass is 10.2. The maximum absolute atomic E-state index is 12.1. The zero-order valence-electron chi connectivity index (χ0n) is 11.5. The van der Waals surface area contributed by atoms with Gasteiger partial charge in [-0.05, 0) is 44.0 Å². The molecule has 0 saturated heterocycles. The molecule has 1 saturated carbocycles. The number of aryl methyl sites for hydroxylation is 1. The first kappa shape index (κ1) is 13.8. The Labute approximate surface area is 126 Å². The van der Waals surface area contributed by atoms with Crippen molar-refractivity contribution in [1.29, 1.82) is 0 Å². The van der Waals surface area contributed by atoms with Crippen LogP contribution in [0.4, 0.5) is 0 Å². The van der Waals surface area contributed by atoms with Gasteiger partial charge in [0.1, 0.15) is 0 Å². The number of rotatable bonds is 3. The Balaban J connectivity index is 2.02. The first-order chi connectivity index (χ1) is 10.0. The average Bonchev–Trinajstić information content (AvgIpc) is 3.24. The lowest BCUT2D eigenvalue weighted by molar-refractivity contribution is 0.0943. The summed E-state index contributed by atoms with van der Waals surface area (Å²) in [5, 5.41) is 7.60. The lowest BCUT2D eigenvalue weighted by Crippen LogP contribution is -2.33. The zero-order chi connectivity index (χ0) is 15.0. The van der Waals surface area contributed by atoms with Crippen LogP contribution in [-0.2, 0) is 0 Å². The Kier molecular flexibility index (Phi) is 3.51. The predicted octanol–water partition coefficient (Wildman–Crippen LogP) is 2.09. The number of hydrogen-bond acceptors (Lipinski definition) is 3. The van der Waals surface area contributed by atoms with E-state index in [1.807, 2.05) is 0 Å². The van der Waals surface area contributed by atoms with E-state index in [2.05, 4.69) is 10.4 Å². The maximum Gasteiger partial charge on any atom is 0.276 e. The third-order valence-electron chi connectivity index (χ3n) is 3.31. The number of amides is 1. The molecule has 2 aromatic rings. The highest BCUT2D eigenvalue weighted by atomic mass is 35.5. The summed E-state index contributed by atoms with van der Waals surface area (Å²) in [6.07, 6.45) is 1.92. The normalized spacial score (nSPS) is 14.0. The fraction of sp³-hybridized carbons (Fsp3) is 0.267. The number of nitrogens with one attached hydrogen (secondary N) is 1. The molecular formula is C15H14ClN3O2. The molecule has 6 heteroatoms. The molecule has 0 aliphatic heterocycles. The first-order valence-electron chi connectivity index (χ1n) is 6.72. The second kappa shape index (κ2) is 5.33. The van der Waals surface area contributed by atoms with Gasteiger partial charge in [-0.3, -0.25) is 9.59 Å². The van der Waals surface area contributed by atoms with E-state index in [9.17, 15) is 9.59 Å². The third-order valence-corrected chi connectivity index (χ3v) is 3.56. The molecule has 0 radical (unpaired) electrons. The number of hydrogen-bond donors (Lipinski definition) is 1. The van der Waals surface area contributed by atoms with Crippen LogP contribution in [0.1, 0.15) is 29.0 Å². The van der Waals surface area contributed by atoms with Crippen LogP contribution >= 0.6 is 11.6 Å². The molecule has 1 aromatic heterocycles. The number of carbonyl (C=O) groups is 1. The Morgan fingerprint density at radius 3 is 2.62 bits per heavy atom. The van der Waals surface area contributed by atoms with Gasteiger partial charge in [0.05, 0.1) is 5.69 Å². The Hall–Kier alpha value is -2.14. The average molecular weight is 304 g/mol. The smallest absolute Gasteiger partial charge is 0.276 e. The van der Waals surface area contributed by atoms with E-state index in [0.717, 1.165) is 18.5 Å². The number of carbonyl (C=O) groups excluding carboxylic acids is 1. The van der Waals surface area contributed by atoms with Crippen LogP contribution < -0.4 is 10.7 Å². The van der Waals surface area contributed by atoms with Crippen LogP contribution in [-0.4, -0.2) is 21.7 Å². The van der Waals surface area contributed by atoms with Gasteiger partial charge in [-0.2, -0.15) is 5.10 Å². The quantitative estimate of drug-likeness (QED) is 0.944. The van der Waals surface area contributed by atoms with E-state index >= 15 is 0 Å². The molecule has 1 N–H and O–H groups in total. The van der Waals surface area contributed by atoms with Crippen molar-refractivity contribution in [3.63, 3.8) is 0 Å². The molecule has 0 unspecified atom stereocenters. The monoisotopic (exact) mass is 303 g/mol. The standard InChI is InChI=1S/C15H14ClN3O2/c1-9-8-13(20)14(15(21)17-11-4-5-11)18-19(9)12-6-2-10(16)3-7-12/h2-3,6-8,11H,4-5H2,1H3,(H,17,21). The van der Waals surface area contributed by atoms with Gasteiger partial charge in [-0.25, -0.2) is 4.68 Å². The SMILES string of the molecule is Cc1cc(=O)c(C(=O)NC2CC2)nn1-c1ccc(Cl)cc1. The van der Waals surface area contributed by atoms with Crippen LogP contribution in [0.5, 0.6) is 0 Å². The largest absolute Gasteiger partial charge is 0.348 e. The fourth-order valence-electron chi connectivity index (χ4n) is 2.03. The van der Waals surface area contributed by atoms with E-state index in [4.69, 9.17) is 11.6 Å². The van der Waals surface area contributed by atoms with Crippen molar-refractivity contribution in [2.45, 2.75) is 25.8 Å². The van der Waals surface area contributed by atoms with Crippen molar-refractivity contribution in [1.82, 2.24) is 15.1 Å². The number of benzene rings is 1. The second-order valence-corrected chi connectivity index (χ2v) is 5.57. The highest BCUT2D eigenvalue weighted by molar-refractivity contribution is 6.30. The summed E-state index contributed by atoms with van der Waals surface area (Å²) >= 11 is 5.87. The summed E-state index contributed by atoms with van der Waals surface area (Å²) < 4.78 is 1.57. The van der Waals surface area contributed by atoms with Crippen LogP contribution in [0.2, 0.25) is 5.02 Å². The highest BCUT2D eigenvalue weighted by Crippen LogP contribution is 2.19. The molecule has 1 aliphatic rings. The summed E-state index contributed by atoms with van der Waals surface area (Å²) in [5.74, 6) is -0.412. The summed E-state index contributed by atoms with van der Waals surface area (Å²) in [6, 6.07) is 8.65. The van der Waals surface area contributed by atoms with Gasteiger partial charge in [0, 0.05) is 22.8 Å². The Bertz CT molecular complexity index is 749. The van der Waals surface area contributed by atoms with Crippen molar-refractivity contribution >= 4 is 17.5 Å². The van der Waals surface area contributed by atoms with E-state index in [0.29, 0.717) is 10.7 Å². The van der Waals surface area contributed by atoms with Gasteiger partial charge in [0.25, 0.3) is 5.91 Å². The molecular weight excluding hydrogens is 290 g/mol. The first-order valence-corrected chi connectivity index (χ1v) is 7.10. The van der Waals surface area contributed by atoms with Crippen molar-refractivity contribution in [2.24, 2.45) is 0 Å². The molecule has 0 spiro atoms. The predicted molar refractivity (Wildman–Crippen MR) is 80.1 cm³/mol. The number of halogens is 1. The third kappa shape index (κ3) is 2.97. The molecule has 1 aromatic carbocycles.